The van der Waals surface area contributed by atoms with Crippen molar-refractivity contribution in [1.82, 2.24) is 4.90 Å². The van der Waals surface area contributed by atoms with Gasteiger partial charge in [0.2, 0.25) is 0 Å². The zero-order chi connectivity index (χ0) is 18.5. The fraction of sp³-hybridized carbons (Fsp3) is 0.409. The summed E-state index contributed by atoms with van der Waals surface area (Å²) in [4.78, 5) is 4.88. The van der Waals surface area contributed by atoms with E-state index in [1.165, 1.54) is 19.3 Å². The lowest BCUT2D eigenvalue weighted by Crippen LogP contribution is -2.51. The van der Waals surface area contributed by atoms with Crippen LogP contribution < -0.4 is 9.64 Å². The van der Waals surface area contributed by atoms with Gasteiger partial charge in [0.25, 0.3) is 0 Å². The lowest BCUT2D eigenvalue weighted by atomic mass is 9.87. The highest BCUT2D eigenvalue weighted by Gasteiger charge is 2.42. The van der Waals surface area contributed by atoms with Crippen LogP contribution in [0.15, 0.2) is 36.4 Å². The Morgan fingerprint density at radius 1 is 1.19 bits per heavy atom. The molecule has 0 amide bonds. The van der Waals surface area contributed by atoms with E-state index in [0.717, 1.165) is 24.3 Å². The zero-order valence-corrected chi connectivity index (χ0v) is 15.4. The van der Waals surface area contributed by atoms with Gasteiger partial charge in [-0.25, -0.2) is 0 Å². The van der Waals surface area contributed by atoms with Gasteiger partial charge in [0.05, 0.1) is 23.0 Å². The normalized spacial score (nSPS) is 26.5. The van der Waals surface area contributed by atoms with Crippen molar-refractivity contribution in [2.45, 2.75) is 37.8 Å². The molecule has 0 radical (unpaired) electrons. The van der Waals surface area contributed by atoms with Gasteiger partial charge in [-0.3, -0.25) is 0 Å². The van der Waals surface area contributed by atoms with Gasteiger partial charge < -0.3 is 19.6 Å². The van der Waals surface area contributed by atoms with Crippen LogP contribution in [0.2, 0.25) is 0 Å². The molecule has 2 bridgehead atoms. The van der Waals surface area contributed by atoms with E-state index in [0.29, 0.717) is 35.1 Å². The van der Waals surface area contributed by atoms with Gasteiger partial charge in [0, 0.05) is 24.7 Å². The highest BCUT2D eigenvalue weighted by Crippen LogP contribution is 2.53. The molecule has 138 valence electrons. The van der Waals surface area contributed by atoms with E-state index < -0.39 is 0 Å². The molecule has 6 rings (SSSR count). The molecule has 1 N–H and O–H groups in total. The summed E-state index contributed by atoms with van der Waals surface area (Å²) < 4.78 is 6.05. The molecule has 2 aromatic rings. The minimum absolute atomic E-state index is 0.140. The number of rotatable bonds is 1. The van der Waals surface area contributed by atoms with Crippen molar-refractivity contribution in [2.75, 3.05) is 18.5 Å². The van der Waals surface area contributed by atoms with Crippen LogP contribution in [-0.2, 0) is 0 Å². The second-order valence-corrected chi connectivity index (χ2v) is 7.98. The summed E-state index contributed by atoms with van der Waals surface area (Å²) in [6, 6.07) is 14.3. The number of hydrogen-bond donors (Lipinski definition) is 1. The number of nitrogens with zero attached hydrogens (tertiary/aromatic N) is 3. The molecule has 1 aliphatic carbocycles. The van der Waals surface area contributed by atoms with Gasteiger partial charge >= 0.3 is 0 Å². The summed E-state index contributed by atoms with van der Waals surface area (Å²) in [5.41, 5.74) is 2.48. The number of para-hydroxylation sites is 1. The minimum Gasteiger partial charge on any atom is -0.504 e. The van der Waals surface area contributed by atoms with Gasteiger partial charge in [-0.2, -0.15) is 5.26 Å². The van der Waals surface area contributed by atoms with Crippen molar-refractivity contribution in [3.8, 4) is 23.3 Å². The smallest absolute Gasteiger partial charge is 0.192 e. The summed E-state index contributed by atoms with van der Waals surface area (Å²) in [6.07, 6.45) is 4.85. The molecule has 27 heavy (non-hydrogen) atoms. The maximum absolute atomic E-state index is 10.4. The number of hydrogen-bond acceptors (Lipinski definition) is 5. The number of aromatic hydroxyl groups is 1. The molecular weight excluding hydrogens is 338 g/mol. The van der Waals surface area contributed by atoms with Crippen LogP contribution in [0.5, 0.6) is 17.2 Å². The SMILES string of the molecule is CN1CC2CCCC1CC2N1c2ccc(C#N)cc2Oc2c(O)cccc21. The highest BCUT2D eigenvalue weighted by molar-refractivity contribution is 5.81. The Balaban J connectivity index is 1.66. The largest absolute Gasteiger partial charge is 0.504 e. The molecule has 5 nitrogen and oxygen atoms in total. The first-order valence-electron chi connectivity index (χ1n) is 9.69. The molecule has 5 heteroatoms. The predicted octanol–water partition coefficient (Wildman–Crippen LogP) is 4.38. The number of phenols is 1. The number of piperidine rings is 1. The number of nitriles is 1. The maximum atomic E-state index is 10.4. The quantitative estimate of drug-likeness (QED) is 0.817. The van der Waals surface area contributed by atoms with Crippen molar-refractivity contribution >= 4 is 11.4 Å². The molecule has 1 saturated carbocycles. The topological polar surface area (TPSA) is 59.7 Å². The second kappa shape index (κ2) is 6.17. The molecule has 3 aliphatic heterocycles. The Bertz CT molecular complexity index is 936. The third-order valence-corrected chi connectivity index (χ3v) is 6.44. The number of ether oxygens (including phenoxy) is 1. The average Bonchev–Trinajstić information content (AvgIpc) is 2.99. The van der Waals surface area contributed by atoms with Gasteiger partial charge in [0.1, 0.15) is 0 Å². The maximum Gasteiger partial charge on any atom is 0.192 e. The first-order valence-corrected chi connectivity index (χ1v) is 9.69. The Morgan fingerprint density at radius 3 is 2.93 bits per heavy atom. The van der Waals surface area contributed by atoms with E-state index in [9.17, 15) is 10.4 Å². The first-order chi connectivity index (χ1) is 13.2. The van der Waals surface area contributed by atoms with Crippen molar-refractivity contribution in [1.29, 1.82) is 5.26 Å². The Hall–Kier alpha value is -2.71. The standard InChI is InChI=1S/C22H23N3O2/c1-24-13-15-4-2-5-16(24)11-19(15)25-17-9-8-14(12-23)10-21(17)27-22-18(25)6-3-7-20(22)26/h3,6-10,15-16,19,26H,2,4-5,11,13H2,1H3. The van der Waals surface area contributed by atoms with Crippen LogP contribution in [-0.4, -0.2) is 35.7 Å². The Morgan fingerprint density at radius 2 is 2.07 bits per heavy atom. The number of benzene rings is 2. The second-order valence-electron chi connectivity index (χ2n) is 7.98. The molecule has 2 aromatic carbocycles. The van der Waals surface area contributed by atoms with Crippen molar-refractivity contribution in [3.05, 3.63) is 42.0 Å². The van der Waals surface area contributed by atoms with E-state index >= 15 is 0 Å². The first kappa shape index (κ1) is 16.5. The van der Waals surface area contributed by atoms with Crippen molar-refractivity contribution < 1.29 is 9.84 Å². The van der Waals surface area contributed by atoms with Gasteiger partial charge in [-0.15, -0.1) is 0 Å². The van der Waals surface area contributed by atoms with Crippen LogP contribution >= 0.6 is 0 Å². The van der Waals surface area contributed by atoms with Crippen LogP contribution in [0.3, 0.4) is 0 Å². The van der Waals surface area contributed by atoms with Crippen LogP contribution in [0.25, 0.3) is 0 Å². The van der Waals surface area contributed by atoms with E-state index in [4.69, 9.17) is 4.74 Å². The lowest BCUT2D eigenvalue weighted by Gasteiger charge is -2.47. The molecule has 0 aromatic heterocycles. The average molecular weight is 361 g/mol. The molecular formula is C22H23N3O2. The fourth-order valence-electron chi connectivity index (χ4n) is 5.11. The minimum atomic E-state index is 0.140. The van der Waals surface area contributed by atoms with Crippen LogP contribution in [0, 0.1) is 17.2 Å². The summed E-state index contributed by atoms with van der Waals surface area (Å²) in [5.74, 6) is 1.86. The Labute approximate surface area is 159 Å². The summed E-state index contributed by atoms with van der Waals surface area (Å²) in [6.45, 7) is 1.10. The monoisotopic (exact) mass is 361 g/mol. The molecule has 3 atom stereocenters. The van der Waals surface area contributed by atoms with E-state index in [1.54, 1.807) is 12.1 Å². The van der Waals surface area contributed by atoms with Crippen molar-refractivity contribution in [2.24, 2.45) is 5.92 Å². The third kappa shape index (κ3) is 2.55. The molecule has 2 saturated heterocycles. The summed E-state index contributed by atoms with van der Waals surface area (Å²) in [7, 11) is 2.24. The molecule has 3 heterocycles. The van der Waals surface area contributed by atoms with E-state index in [1.807, 2.05) is 24.3 Å². The fourth-order valence-corrected chi connectivity index (χ4v) is 5.11. The molecule has 3 fully saturated rings. The molecule has 4 aliphatic rings. The van der Waals surface area contributed by atoms with Crippen LogP contribution in [0.1, 0.15) is 31.2 Å². The summed E-state index contributed by atoms with van der Waals surface area (Å²) in [5, 5.41) is 19.7. The number of anilines is 2. The van der Waals surface area contributed by atoms with E-state index in [-0.39, 0.29) is 5.75 Å². The van der Waals surface area contributed by atoms with E-state index in [2.05, 4.69) is 22.9 Å². The third-order valence-electron chi connectivity index (χ3n) is 6.44. The Kier molecular flexibility index (Phi) is 3.76. The van der Waals surface area contributed by atoms with Crippen LogP contribution in [0.4, 0.5) is 11.4 Å². The number of fused-ring (bicyclic) bond motifs is 6. The van der Waals surface area contributed by atoms with Gasteiger partial charge in [0.15, 0.2) is 17.2 Å². The predicted molar refractivity (Wildman–Crippen MR) is 104 cm³/mol. The number of phenolic OH excluding ortho intramolecular Hbond substituents is 1. The highest BCUT2D eigenvalue weighted by atomic mass is 16.5. The van der Waals surface area contributed by atoms with Gasteiger partial charge in [-0.05, 0) is 56.5 Å². The van der Waals surface area contributed by atoms with Gasteiger partial charge in [-0.1, -0.05) is 12.5 Å². The summed E-state index contributed by atoms with van der Waals surface area (Å²) >= 11 is 0. The van der Waals surface area contributed by atoms with Crippen molar-refractivity contribution in [3.63, 3.8) is 0 Å². The molecule has 3 unspecified atom stereocenters. The lowest BCUT2D eigenvalue weighted by molar-refractivity contribution is 0.137. The zero-order valence-electron chi connectivity index (χ0n) is 15.4. The molecule has 0 spiro atoms.